The first kappa shape index (κ1) is 14.0. The van der Waals surface area contributed by atoms with Gasteiger partial charge in [0.1, 0.15) is 12.4 Å². The summed E-state index contributed by atoms with van der Waals surface area (Å²) in [5, 5.41) is 8.81. The Kier molecular flexibility index (Phi) is 6.62. The maximum absolute atomic E-state index is 8.81. The molecule has 17 heavy (non-hydrogen) atoms. The average molecular weight is 239 g/mol. The quantitative estimate of drug-likeness (QED) is 0.691. The third-order valence-corrected chi connectivity index (χ3v) is 2.41. The second-order valence-electron chi connectivity index (χ2n) is 3.95. The molecule has 0 aliphatic heterocycles. The lowest BCUT2D eigenvalue weighted by molar-refractivity contribution is 0.146. The molecular formula is C13H21NO3. The molecule has 0 fully saturated rings. The summed E-state index contributed by atoms with van der Waals surface area (Å²) < 4.78 is 10.4. The number of aliphatic hydroxyl groups is 1. The highest BCUT2D eigenvalue weighted by Gasteiger charge is 2.00. The molecule has 1 aromatic carbocycles. The van der Waals surface area contributed by atoms with Gasteiger partial charge in [-0.15, -0.1) is 0 Å². The number of hydrogen-bond donors (Lipinski definition) is 1. The van der Waals surface area contributed by atoms with Crippen molar-refractivity contribution in [2.24, 2.45) is 0 Å². The molecule has 1 aromatic rings. The number of methoxy groups -OCH3 is 1. The molecule has 0 aliphatic carbocycles. The third-order valence-electron chi connectivity index (χ3n) is 2.41. The number of aliphatic hydroxyl groups excluding tert-OH is 1. The summed E-state index contributed by atoms with van der Waals surface area (Å²) in [6.07, 6.45) is 0. The van der Waals surface area contributed by atoms with E-state index in [-0.39, 0.29) is 6.61 Å². The van der Waals surface area contributed by atoms with Crippen LogP contribution in [-0.2, 0) is 11.3 Å². The van der Waals surface area contributed by atoms with Crippen molar-refractivity contribution in [3.05, 3.63) is 29.8 Å². The van der Waals surface area contributed by atoms with E-state index in [0.717, 1.165) is 12.3 Å². The Labute approximate surface area is 103 Å². The Morgan fingerprint density at radius 2 is 1.88 bits per heavy atom. The second-order valence-corrected chi connectivity index (χ2v) is 3.95. The monoisotopic (exact) mass is 239 g/mol. The van der Waals surface area contributed by atoms with Crippen LogP contribution in [0.5, 0.6) is 5.75 Å². The van der Waals surface area contributed by atoms with E-state index in [1.807, 2.05) is 31.3 Å². The molecule has 96 valence electrons. The van der Waals surface area contributed by atoms with Crippen LogP contribution in [0.1, 0.15) is 5.56 Å². The van der Waals surface area contributed by atoms with Gasteiger partial charge in [0, 0.05) is 20.2 Å². The zero-order valence-corrected chi connectivity index (χ0v) is 10.6. The van der Waals surface area contributed by atoms with Crippen LogP contribution in [0.25, 0.3) is 0 Å². The Bertz CT molecular complexity index is 300. The fourth-order valence-corrected chi connectivity index (χ4v) is 1.50. The molecule has 0 amide bonds. The number of hydrogen-bond acceptors (Lipinski definition) is 4. The molecule has 0 atom stereocenters. The first-order valence-corrected chi connectivity index (χ1v) is 5.76. The lowest BCUT2D eigenvalue weighted by Gasteiger charge is -2.15. The minimum atomic E-state index is 0.189. The largest absolute Gasteiger partial charge is 0.491 e. The fraction of sp³-hybridized carbons (Fsp3) is 0.538. The topological polar surface area (TPSA) is 41.9 Å². The van der Waals surface area contributed by atoms with E-state index in [0.29, 0.717) is 19.8 Å². The third kappa shape index (κ3) is 5.68. The van der Waals surface area contributed by atoms with Gasteiger partial charge in [0.2, 0.25) is 0 Å². The van der Waals surface area contributed by atoms with Gasteiger partial charge >= 0.3 is 0 Å². The van der Waals surface area contributed by atoms with Gasteiger partial charge in [0.25, 0.3) is 0 Å². The average Bonchev–Trinajstić information content (AvgIpc) is 2.32. The number of nitrogens with zero attached hydrogens (tertiary/aromatic N) is 1. The lowest BCUT2D eigenvalue weighted by atomic mass is 10.2. The normalized spacial score (nSPS) is 10.8. The van der Waals surface area contributed by atoms with Crippen LogP contribution >= 0.6 is 0 Å². The zero-order valence-electron chi connectivity index (χ0n) is 10.6. The fourth-order valence-electron chi connectivity index (χ4n) is 1.50. The van der Waals surface area contributed by atoms with Crippen molar-refractivity contribution < 1.29 is 14.6 Å². The van der Waals surface area contributed by atoms with Gasteiger partial charge in [0.15, 0.2) is 0 Å². The Morgan fingerprint density at radius 3 is 2.47 bits per heavy atom. The van der Waals surface area contributed by atoms with E-state index in [9.17, 15) is 0 Å². The number of rotatable bonds is 8. The summed E-state index contributed by atoms with van der Waals surface area (Å²) in [4.78, 5) is 2.07. The van der Waals surface area contributed by atoms with E-state index in [4.69, 9.17) is 14.6 Å². The van der Waals surface area contributed by atoms with Crippen molar-refractivity contribution in [1.29, 1.82) is 0 Å². The first-order chi connectivity index (χ1) is 8.26. The highest BCUT2D eigenvalue weighted by molar-refractivity contribution is 5.27. The van der Waals surface area contributed by atoms with Gasteiger partial charge in [-0.25, -0.2) is 0 Å². The van der Waals surface area contributed by atoms with Crippen LogP contribution < -0.4 is 4.74 Å². The molecule has 0 radical (unpaired) electrons. The minimum absolute atomic E-state index is 0.189. The van der Waals surface area contributed by atoms with Crippen LogP contribution in [0.2, 0.25) is 0 Å². The predicted octanol–water partition coefficient (Wildman–Crippen LogP) is 1.14. The Hall–Kier alpha value is -1.10. The van der Waals surface area contributed by atoms with E-state index < -0.39 is 0 Å². The maximum Gasteiger partial charge on any atom is 0.119 e. The molecule has 1 N–H and O–H groups in total. The molecule has 0 aliphatic rings. The maximum atomic E-state index is 8.81. The summed E-state index contributed by atoms with van der Waals surface area (Å²) in [7, 11) is 3.64. The Balaban J connectivity index is 2.39. The van der Waals surface area contributed by atoms with Crippen LogP contribution in [0, 0.1) is 0 Å². The highest BCUT2D eigenvalue weighted by atomic mass is 16.5. The summed E-state index contributed by atoms with van der Waals surface area (Å²) in [5.74, 6) is 0.857. The SMILES string of the molecule is COCCOc1ccc(CN(C)CCO)cc1. The van der Waals surface area contributed by atoms with Crippen LogP contribution in [0.3, 0.4) is 0 Å². The number of ether oxygens (including phenoxy) is 2. The van der Waals surface area contributed by atoms with Crippen molar-refractivity contribution in [2.45, 2.75) is 6.54 Å². The molecule has 0 bridgehead atoms. The number of benzene rings is 1. The lowest BCUT2D eigenvalue weighted by Crippen LogP contribution is -2.21. The molecule has 0 saturated heterocycles. The van der Waals surface area contributed by atoms with Crippen LogP contribution in [0.4, 0.5) is 0 Å². The highest BCUT2D eigenvalue weighted by Crippen LogP contribution is 2.13. The molecule has 0 aromatic heterocycles. The van der Waals surface area contributed by atoms with Crippen molar-refractivity contribution in [2.75, 3.05) is 40.5 Å². The van der Waals surface area contributed by atoms with Gasteiger partial charge in [-0.1, -0.05) is 12.1 Å². The standard InChI is InChI=1S/C13H21NO3/c1-14(7-8-15)11-12-3-5-13(6-4-12)17-10-9-16-2/h3-6,15H,7-11H2,1-2H3. The molecule has 0 unspecified atom stereocenters. The zero-order chi connectivity index (χ0) is 12.5. The van der Waals surface area contributed by atoms with Gasteiger partial charge in [-0.05, 0) is 24.7 Å². The molecule has 1 rings (SSSR count). The van der Waals surface area contributed by atoms with Crippen molar-refractivity contribution in [3.63, 3.8) is 0 Å². The molecule has 0 heterocycles. The smallest absolute Gasteiger partial charge is 0.119 e. The summed E-state index contributed by atoms with van der Waals surface area (Å²) in [6, 6.07) is 7.99. The Morgan fingerprint density at radius 1 is 1.18 bits per heavy atom. The van der Waals surface area contributed by atoms with E-state index >= 15 is 0 Å². The van der Waals surface area contributed by atoms with E-state index in [2.05, 4.69) is 4.90 Å². The molecule has 0 saturated carbocycles. The van der Waals surface area contributed by atoms with E-state index in [1.54, 1.807) is 7.11 Å². The van der Waals surface area contributed by atoms with E-state index in [1.165, 1.54) is 5.56 Å². The van der Waals surface area contributed by atoms with Gasteiger partial charge < -0.3 is 14.6 Å². The second kappa shape index (κ2) is 8.06. The van der Waals surface area contributed by atoms with Gasteiger partial charge in [-0.3, -0.25) is 4.90 Å². The van der Waals surface area contributed by atoms with Crippen molar-refractivity contribution >= 4 is 0 Å². The van der Waals surface area contributed by atoms with Crippen LogP contribution in [0.15, 0.2) is 24.3 Å². The molecule has 0 spiro atoms. The minimum Gasteiger partial charge on any atom is -0.491 e. The van der Waals surface area contributed by atoms with Crippen molar-refractivity contribution in [1.82, 2.24) is 4.90 Å². The summed E-state index contributed by atoms with van der Waals surface area (Å²) in [6.45, 7) is 2.88. The molecular weight excluding hydrogens is 218 g/mol. The van der Waals surface area contributed by atoms with Gasteiger partial charge in [-0.2, -0.15) is 0 Å². The van der Waals surface area contributed by atoms with Crippen LogP contribution in [-0.4, -0.2) is 50.5 Å². The predicted molar refractivity (Wildman–Crippen MR) is 67.2 cm³/mol. The summed E-state index contributed by atoms with van der Waals surface area (Å²) in [5.41, 5.74) is 1.21. The van der Waals surface area contributed by atoms with Gasteiger partial charge in [0.05, 0.1) is 13.2 Å². The molecule has 4 nitrogen and oxygen atoms in total. The summed E-state index contributed by atoms with van der Waals surface area (Å²) >= 11 is 0. The van der Waals surface area contributed by atoms with Crippen molar-refractivity contribution in [3.8, 4) is 5.75 Å². The first-order valence-electron chi connectivity index (χ1n) is 5.76. The molecule has 4 heteroatoms. The number of likely N-dealkylation sites (N-methyl/N-ethyl adjacent to an activating group) is 1.